The van der Waals surface area contributed by atoms with E-state index in [-0.39, 0.29) is 18.0 Å². The molecule has 16 heavy (non-hydrogen) atoms. The average molecular weight is 232 g/mol. The Hall–Kier alpha value is -1.69. The second kappa shape index (κ2) is 4.89. The maximum absolute atomic E-state index is 12.3. The van der Waals surface area contributed by atoms with Crippen molar-refractivity contribution < 1.29 is 18.3 Å². The minimum absolute atomic E-state index is 0.136. The molecule has 0 saturated heterocycles. The number of hydrogen-bond donors (Lipinski definition) is 3. The highest BCUT2D eigenvalue weighted by molar-refractivity contribution is 5.48. The van der Waals surface area contributed by atoms with Crippen LogP contribution in [0.4, 0.5) is 18.9 Å². The fraction of sp³-hybridized carbons (Fsp3) is 0.200. The van der Waals surface area contributed by atoms with Crippen LogP contribution in [-0.2, 0) is 6.18 Å². The monoisotopic (exact) mass is 232 g/mol. The van der Waals surface area contributed by atoms with Crippen LogP contribution < -0.4 is 11.1 Å². The minimum Gasteiger partial charge on any atom is -0.399 e. The SMILES string of the molecule is N/C(=C\Nc1cccc(C(F)(F)F)c1)CO. The summed E-state index contributed by atoms with van der Waals surface area (Å²) in [6.45, 7) is -0.355. The van der Waals surface area contributed by atoms with Crippen LogP contribution in [0.2, 0.25) is 0 Å². The van der Waals surface area contributed by atoms with E-state index in [1.165, 1.54) is 18.3 Å². The van der Waals surface area contributed by atoms with Gasteiger partial charge in [-0.3, -0.25) is 0 Å². The van der Waals surface area contributed by atoms with E-state index in [4.69, 9.17) is 10.8 Å². The Kier molecular flexibility index (Phi) is 3.78. The zero-order chi connectivity index (χ0) is 12.2. The molecule has 6 heteroatoms. The Labute approximate surface area is 90.4 Å². The topological polar surface area (TPSA) is 58.3 Å². The Morgan fingerprint density at radius 2 is 2.12 bits per heavy atom. The molecule has 0 aliphatic rings. The Morgan fingerprint density at radius 3 is 2.69 bits per heavy atom. The van der Waals surface area contributed by atoms with Crippen LogP contribution >= 0.6 is 0 Å². The molecule has 1 aromatic carbocycles. The van der Waals surface area contributed by atoms with E-state index >= 15 is 0 Å². The molecule has 0 aliphatic heterocycles. The predicted molar refractivity (Wildman–Crippen MR) is 54.4 cm³/mol. The van der Waals surface area contributed by atoms with Gasteiger partial charge in [-0.05, 0) is 18.2 Å². The van der Waals surface area contributed by atoms with E-state index in [1.807, 2.05) is 0 Å². The summed E-state index contributed by atoms with van der Waals surface area (Å²) in [6, 6.07) is 4.69. The standard InChI is InChI=1S/C10H11F3N2O/c11-10(12,13)7-2-1-3-9(4-7)15-5-8(14)6-16/h1-5,15-16H,6,14H2/b8-5-. The van der Waals surface area contributed by atoms with Gasteiger partial charge in [0.15, 0.2) is 0 Å². The fourth-order valence-electron chi connectivity index (χ4n) is 1.01. The molecule has 1 rings (SSSR count). The van der Waals surface area contributed by atoms with Gasteiger partial charge in [0.1, 0.15) is 0 Å². The molecule has 0 bridgehead atoms. The van der Waals surface area contributed by atoms with Crippen molar-refractivity contribution in [1.29, 1.82) is 0 Å². The Bertz CT molecular complexity index is 388. The predicted octanol–water partition coefficient (Wildman–Crippen LogP) is 1.91. The van der Waals surface area contributed by atoms with Crippen LogP contribution in [0.1, 0.15) is 5.56 Å². The van der Waals surface area contributed by atoms with Crippen molar-refractivity contribution in [2.24, 2.45) is 5.73 Å². The molecule has 0 unspecified atom stereocenters. The van der Waals surface area contributed by atoms with Gasteiger partial charge in [-0.25, -0.2) is 0 Å². The quantitative estimate of drug-likeness (QED) is 0.746. The van der Waals surface area contributed by atoms with Crippen molar-refractivity contribution in [3.05, 3.63) is 41.7 Å². The lowest BCUT2D eigenvalue weighted by molar-refractivity contribution is -0.137. The van der Waals surface area contributed by atoms with E-state index < -0.39 is 11.7 Å². The smallest absolute Gasteiger partial charge is 0.399 e. The second-order valence-electron chi connectivity index (χ2n) is 3.10. The number of aliphatic hydroxyl groups is 1. The van der Waals surface area contributed by atoms with Gasteiger partial charge >= 0.3 is 6.18 Å². The molecular weight excluding hydrogens is 221 g/mol. The first-order chi connectivity index (χ1) is 7.43. The van der Waals surface area contributed by atoms with Crippen molar-refractivity contribution in [3.63, 3.8) is 0 Å². The summed E-state index contributed by atoms with van der Waals surface area (Å²) in [6.07, 6.45) is -3.13. The molecule has 4 N–H and O–H groups in total. The van der Waals surface area contributed by atoms with Crippen LogP contribution in [-0.4, -0.2) is 11.7 Å². The van der Waals surface area contributed by atoms with Crippen molar-refractivity contribution >= 4 is 5.69 Å². The van der Waals surface area contributed by atoms with Crippen LogP contribution in [0.25, 0.3) is 0 Å². The van der Waals surface area contributed by atoms with Crippen LogP contribution in [0.5, 0.6) is 0 Å². The third kappa shape index (κ3) is 3.47. The summed E-state index contributed by atoms with van der Waals surface area (Å²) in [5, 5.41) is 11.1. The van der Waals surface area contributed by atoms with Gasteiger partial charge in [-0.15, -0.1) is 0 Å². The number of rotatable bonds is 3. The van der Waals surface area contributed by atoms with Gasteiger partial charge in [0.2, 0.25) is 0 Å². The lowest BCUT2D eigenvalue weighted by Crippen LogP contribution is -2.07. The van der Waals surface area contributed by atoms with Gasteiger partial charge in [-0.1, -0.05) is 6.07 Å². The summed E-state index contributed by atoms with van der Waals surface area (Å²) >= 11 is 0. The molecule has 0 fully saturated rings. The number of halogens is 3. The number of benzene rings is 1. The number of hydrogen-bond acceptors (Lipinski definition) is 3. The van der Waals surface area contributed by atoms with E-state index in [9.17, 15) is 13.2 Å². The summed E-state index contributed by atoms with van der Waals surface area (Å²) in [5.41, 5.74) is 4.92. The van der Waals surface area contributed by atoms with Crippen molar-refractivity contribution in [3.8, 4) is 0 Å². The largest absolute Gasteiger partial charge is 0.416 e. The number of nitrogens with two attached hydrogens (primary N) is 1. The zero-order valence-corrected chi connectivity index (χ0v) is 8.25. The van der Waals surface area contributed by atoms with E-state index in [2.05, 4.69) is 5.32 Å². The van der Waals surface area contributed by atoms with Gasteiger partial charge in [-0.2, -0.15) is 13.2 Å². The summed E-state index contributed by atoms with van der Waals surface area (Å²) in [7, 11) is 0. The molecule has 0 heterocycles. The highest BCUT2D eigenvalue weighted by Gasteiger charge is 2.30. The first-order valence-electron chi connectivity index (χ1n) is 4.42. The molecule has 0 aliphatic carbocycles. The number of anilines is 1. The lowest BCUT2D eigenvalue weighted by Gasteiger charge is -2.08. The van der Waals surface area contributed by atoms with E-state index in [0.29, 0.717) is 0 Å². The van der Waals surface area contributed by atoms with Gasteiger partial charge in [0, 0.05) is 11.9 Å². The number of aliphatic hydroxyl groups excluding tert-OH is 1. The molecule has 0 atom stereocenters. The van der Waals surface area contributed by atoms with Crippen LogP contribution in [0.15, 0.2) is 36.2 Å². The average Bonchev–Trinajstić information content (AvgIpc) is 2.25. The second-order valence-corrected chi connectivity index (χ2v) is 3.10. The van der Waals surface area contributed by atoms with E-state index in [0.717, 1.165) is 12.1 Å². The number of nitrogens with one attached hydrogen (secondary N) is 1. The van der Waals surface area contributed by atoms with Crippen LogP contribution in [0, 0.1) is 0 Å². The molecule has 1 aromatic rings. The highest BCUT2D eigenvalue weighted by Crippen LogP contribution is 2.30. The summed E-state index contributed by atoms with van der Waals surface area (Å²) < 4.78 is 37.0. The third-order valence-electron chi connectivity index (χ3n) is 1.80. The van der Waals surface area contributed by atoms with Gasteiger partial charge in [0.25, 0.3) is 0 Å². The molecule has 0 spiro atoms. The van der Waals surface area contributed by atoms with Crippen molar-refractivity contribution in [2.45, 2.75) is 6.18 Å². The summed E-state index contributed by atoms with van der Waals surface area (Å²) in [4.78, 5) is 0. The highest BCUT2D eigenvalue weighted by atomic mass is 19.4. The molecule has 88 valence electrons. The minimum atomic E-state index is -4.37. The maximum Gasteiger partial charge on any atom is 0.416 e. The molecular formula is C10H11F3N2O. The number of alkyl halides is 3. The van der Waals surface area contributed by atoms with Crippen LogP contribution in [0.3, 0.4) is 0 Å². The van der Waals surface area contributed by atoms with Crippen molar-refractivity contribution in [1.82, 2.24) is 0 Å². The Balaban J connectivity index is 2.84. The van der Waals surface area contributed by atoms with Gasteiger partial charge < -0.3 is 16.2 Å². The first kappa shape index (κ1) is 12.4. The third-order valence-corrected chi connectivity index (χ3v) is 1.80. The summed E-state index contributed by atoms with van der Waals surface area (Å²) in [5.74, 6) is 0. The fourth-order valence-corrected chi connectivity index (χ4v) is 1.01. The molecule has 0 saturated carbocycles. The normalized spacial score (nSPS) is 12.6. The maximum atomic E-state index is 12.3. The molecule has 0 radical (unpaired) electrons. The van der Waals surface area contributed by atoms with Gasteiger partial charge in [0.05, 0.1) is 17.9 Å². The molecule has 0 aromatic heterocycles. The first-order valence-corrected chi connectivity index (χ1v) is 4.42. The molecule has 0 amide bonds. The lowest BCUT2D eigenvalue weighted by atomic mass is 10.2. The zero-order valence-electron chi connectivity index (χ0n) is 8.25. The van der Waals surface area contributed by atoms with E-state index in [1.54, 1.807) is 0 Å². The molecule has 3 nitrogen and oxygen atoms in total. The Morgan fingerprint density at radius 1 is 1.44 bits per heavy atom. The van der Waals surface area contributed by atoms with Crippen molar-refractivity contribution in [2.75, 3.05) is 11.9 Å².